The molecule has 3 aromatic carbocycles. The fraction of sp³-hybridized carbons (Fsp3) is 0.160. The Morgan fingerprint density at radius 2 is 1.56 bits per heavy atom. The second kappa shape index (κ2) is 8.19. The first-order chi connectivity index (χ1) is 15.6. The van der Waals surface area contributed by atoms with E-state index in [1.54, 1.807) is 53.4 Å². The number of nitrogens with zero attached hydrogens (tertiary/aromatic N) is 2. The van der Waals surface area contributed by atoms with Gasteiger partial charge in [-0.1, -0.05) is 18.2 Å². The number of nitrogens with one attached hydrogen (secondary N) is 1. The zero-order valence-electron chi connectivity index (χ0n) is 17.3. The minimum absolute atomic E-state index is 0.0520. The van der Waals surface area contributed by atoms with Crippen LogP contribution in [-0.4, -0.2) is 37.6 Å². The molecular formula is C25H21N3O4. The average molecular weight is 427 g/mol. The number of fused-ring (bicyclic) bond motifs is 1. The van der Waals surface area contributed by atoms with Gasteiger partial charge in [0, 0.05) is 34.7 Å². The number of anilines is 3. The normalized spacial score (nSPS) is 14.8. The Hall–Kier alpha value is -4.13. The van der Waals surface area contributed by atoms with Gasteiger partial charge >= 0.3 is 6.09 Å². The highest BCUT2D eigenvalue weighted by Crippen LogP contribution is 2.29. The number of para-hydroxylation sites is 1. The molecule has 7 heteroatoms. The molecule has 5 rings (SSSR count). The molecular weight excluding hydrogens is 406 g/mol. The van der Waals surface area contributed by atoms with Crippen molar-refractivity contribution in [2.24, 2.45) is 0 Å². The Balaban J connectivity index is 1.24. The maximum absolute atomic E-state index is 12.9. The van der Waals surface area contributed by atoms with Crippen LogP contribution in [0.2, 0.25) is 0 Å². The summed E-state index contributed by atoms with van der Waals surface area (Å²) in [6.45, 7) is 1.53. The summed E-state index contributed by atoms with van der Waals surface area (Å²) < 4.78 is 4.93. The van der Waals surface area contributed by atoms with Gasteiger partial charge in [0.05, 0.1) is 6.54 Å². The molecule has 0 aromatic heterocycles. The van der Waals surface area contributed by atoms with E-state index in [1.165, 1.54) is 10.5 Å². The zero-order valence-corrected chi connectivity index (χ0v) is 17.3. The van der Waals surface area contributed by atoms with Crippen LogP contribution in [0.15, 0.2) is 72.8 Å². The quantitative estimate of drug-likeness (QED) is 0.680. The lowest BCUT2D eigenvalue weighted by molar-refractivity contribution is 0.0988. The number of benzene rings is 3. The smallest absolute Gasteiger partial charge is 0.414 e. The third-order valence-electron chi connectivity index (χ3n) is 5.72. The molecule has 2 aliphatic rings. The van der Waals surface area contributed by atoms with E-state index in [1.807, 2.05) is 24.3 Å². The van der Waals surface area contributed by atoms with Crippen molar-refractivity contribution in [3.05, 3.63) is 89.5 Å². The first kappa shape index (κ1) is 19.8. The van der Waals surface area contributed by atoms with Crippen LogP contribution in [0.1, 0.15) is 26.3 Å². The summed E-state index contributed by atoms with van der Waals surface area (Å²) >= 11 is 0. The molecule has 3 amide bonds. The summed E-state index contributed by atoms with van der Waals surface area (Å²) in [6, 6.07) is 21.6. The number of cyclic esters (lactones) is 1. The number of carbonyl (C=O) groups is 3. The lowest BCUT2D eigenvalue weighted by Crippen LogP contribution is -2.28. The van der Waals surface area contributed by atoms with Crippen LogP contribution < -0.4 is 15.1 Å². The topological polar surface area (TPSA) is 79.0 Å². The van der Waals surface area contributed by atoms with Gasteiger partial charge in [-0.15, -0.1) is 0 Å². The summed E-state index contributed by atoms with van der Waals surface area (Å²) in [5.74, 6) is -0.322. The van der Waals surface area contributed by atoms with Crippen molar-refractivity contribution in [1.82, 2.24) is 0 Å². The first-order valence-corrected chi connectivity index (χ1v) is 10.5. The van der Waals surface area contributed by atoms with Gasteiger partial charge in [-0.3, -0.25) is 14.5 Å². The van der Waals surface area contributed by atoms with Crippen molar-refractivity contribution in [2.45, 2.75) is 6.42 Å². The van der Waals surface area contributed by atoms with E-state index in [2.05, 4.69) is 5.32 Å². The van der Waals surface area contributed by atoms with Crippen LogP contribution in [-0.2, 0) is 11.2 Å². The summed E-state index contributed by atoms with van der Waals surface area (Å²) in [4.78, 5) is 40.5. The molecule has 0 unspecified atom stereocenters. The third-order valence-corrected chi connectivity index (χ3v) is 5.72. The molecule has 160 valence electrons. The van der Waals surface area contributed by atoms with Crippen LogP contribution in [0.25, 0.3) is 0 Å². The van der Waals surface area contributed by atoms with E-state index >= 15 is 0 Å². The summed E-state index contributed by atoms with van der Waals surface area (Å²) in [7, 11) is 0. The number of hydrogen-bond donors (Lipinski definition) is 1. The van der Waals surface area contributed by atoms with Gasteiger partial charge in [0.15, 0.2) is 0 Å². The Morgan fingerprint density at radius 1 is 0.844 bits per heavy atom. The third kappa shape index (κ3) is 3.69. The molecule has 1 N–H and O–H groups in total. The predicted molar refractivity (Wildman–Crippen MR) is 121 cm³/mol. The van der Waals surface area contributed by atoms with Gasteiger partial charge in [0.25, 0.3) is 11.8 Å². The highest BCUT2D eigenvalue weighted by molar-refractivity contribution is 6.08. The summed E-state index contributed by atoms with van der Waals surface area (Å²) in [5.41, 5.74) is 4.46. The molecule has 0 saturated carbocycles. The molecule has 2 heterocycles. The van der Waals surface area contributed by atoms with Crippen LogP contribution >= 0.6 is 0 Å². The SMILES string of the molecule is O=C(Nc1ccc(C(=O)N2CCc3ccccc32)cc1)c1ccc(N2CCOC2=O)cc1. The van der Waals surface area contributed by atoms with Gasteiger partial charge in [-0.05, 0) is 66.6 Å². The minimum atomic E-state index is -0.380. The Labute approximate surface area is 185 Å². The van der Waals surface area contributed by atoms with E-state index in [9.17, 15) is 14.4 Å². The van der Waals surface area contributed by atoms with Crippen LogP contribution in [0.4, 0.5) is 21.9 Å². The van der Waals surface area contributed by atoms with Crippen LogP contribution in [0, 0.1) is 0 Å². The van der Waals surface area contributed by atoms with E-state index < -0.39 is 0 Å². The molecule has 0 radical (unpaired) electrons. The molecule has 3 aromatic rings. The maximum atomic E-state index is 12.9. The fourth-order valence-electron chi connectivity index (χ4n) is 4.03. The number of hydrogen-bond acceptors (Lipinski definition) is 4. The van der Waals surface area contributed by atoms with Crippen molar-refractivity contribution in [3.8, 4) is 0 Å². The fourth-order valence-corrected chi connectivity index (χ4v) is 4.03. The van der Waals surface area contributed by atoms with E-state index in [-0.39, 0.29) is 17.9 Å². The van der Waals surface area contributed by atoms with Crippen molar-refractivity contribution in [3.63, 3.8) is 0 Å². The lowest BCUT2D eigenvalue weighted by atomic mass is 10.1. The van der Waals surface area contributed by atoms with Crippen molar-refractivity contribution < 1.29 is 19.1 Å². The zero-order chi connectivity index (χ0) is 22.1. The number of rotatable bonds is 4. The number of carbonyl (C=O) groups excluding carboxylic acids is 3. The summed E-state index contributed by atoms with van der Waals surface area (Å²) in [5, 5.41) is 2.84. The minimum Gasteiger partial charge on any atom is -0.447 e. The monoisotopic (exact) mass is 427 g/mol. The van der Waals surface area contributed by atoms with Crippen molar-refractivity contribution in [2.75, 3.05) is 34.8 Å². The van der Waals surface area contributed by atoms with Crippen LogP contribution in [0.3, 0.4) is 0 Å². The molecule has 1 saturated heterocycles. The lowest BCUT2D eigenvalue weighted by Gasteiger charge is -2.17. The van der Waals surface area contributed by atoms with Gasteiger partial charge in [-0.2, -0.15) is 0 Å². The molecule has 0 atom stereocenters. The maximum Gasteiger partial charge on any atom is 0.414 e. The van der Waals surface area contributed by atoms with E-state index in [0.29, 0.717) is 42.2 Å². The van der Waals surface area contributed by atoms with Gasteiger partial charge in [0.2, 0.25) is 0 Å². The largest absolute Gasteiger partial charge is 0.447 e. The molecule has 7 nitrogen and oxygen atoms in total. The molecule has 0 spiro atoms. The highest BCUT2D eigenvalue weighted by Gasteiger charge is 2.25. The van der Waals surface area contributed by atoms with Crippen molar-refractivity contribution >= 4 is 35.0 Å². The number of amides is 3. The van der Waals surface area contributed by atoms with Crippen molar-refractivity contribution in [1.29, 1.82) is 0 Å². The Morgan fingerprint density at radius 3 is 2.28 bits per heavy atom. The number of ether oxygens (including phenoxy) is 1. The molecule has 1 fully saturated rings. The highest BCUT2D eigenvalue weighted by atomic mass is 16.6. The second-order valence-electron chi connectivity index (χ2n) is 7.68. The van der Waals surface area contributed by atoms with E-state index in [4.69, 9.17) is 4.74 Å². The Kier molecular flexibility index (Phi) is 5.07. The average Bonchev–Trinajstić information content (AvgIpc) is 3.45. The first-order valence-electron chi connectivity index (χ1n) is 10.5. The van der Waals surface area contributed by atoms with Gasteiger partial charge in [-0.25, -0.2) is 4.79 Å². The standard InChI is InChI=1S/C25H21N3O4/c29-23(18-7-11-21(12-8-18)27-15-16-32-25(27)31)26-20-9-5-19(6-10-20)24(30)28-14-13-17-3-1-2-4-22(17)28/h1-12H,13-16H2,(H,26,29). The van der Waals surface area contributed by atoms with Crippen LogP contribution in [0.5, 0.6) is 0 Å². The molecule has 32 heavy (non-hydrogen) atoms. The molecule has 0 aliphatic carbocycles. The summed E-state index contributed by atoms with van der Waals surface area (Å²) in [6.07, 6.45) is 0.475. The Bertz CT molecular complexity index is 1190. The van der Waals surface area contributed by atoms with Gasteiger partial charge in [0.1, 0.15) is 6.61 Å². The second-order valence-corrected chi connectivity index (χ2v) is 7.68. The molecule has 2 aliphatic heterocycles. The van der Waals surface area contributed by atoms with E-state index in [0.717, 1.165) is 12.1 Å². The molecule has 0 bridgehead atoms. The van der Waals surface area contributed by atoms with Gasteiger partial charge < -0.3 is 15.0 Å². The predicted octanol–water partition coefficient (Wildman–Crippen LogP) is 4.10.